The van der Waals surface area contributed by atoms with E-state index in [9.17, 15) is 5.11 Å². The van der Waals surface area contributed by atoms with Crippen molar-refractivity contribution in [2.24, 2.45) is 0 Å². The largest absolute Gasteiger partial charge is 0.504 e. The molecular weight excluding hydrogens is 320 g/mol. The predicted octanol–water partition coefficient (Wildman–Crippen LogP) is 3.66. The molecule has 0 aliphatic rings. The van der Waals surface area contributed by atoms with Gasteiger partial charge in [-0.25, -0.2) is 9.97 Å². The highest BCUT2D eigenvalue weighted by molar-refractivity contribution is 9.10. The Hall–Kier alpha value is -1.33. The molecule has 0 saturated heterocycles. The number of aromatic nitrogens is 2. The van der Waals surface area contributed by atoms with Crippen LogP contribution in [0, 0.1) is 0 Å². The number of halogens is 2. The van der Waals surface area contributed by atoms with Crippen molar-refractivity contribution in [1.82, 2.24) is 9.97 Å². The Labute approximate surface area is 118 Å². The second-order valence-corrected chi connectivity index (χ2v) is 4.66. The van der Waals surface area contributed by atoms with Crippen LogP contribution in [0.4, 0.5) is 0 Å². The first-order valence-electron chi connectivity index (χ1n) is 5.26. The lowest BCUT2D eigenvalue weighted by atomic mass is 10.2. The average Bonchev–Trinajstić information content (AvgIpc) is 2.36. The van der Waals surface area contributed by atoms with E-state index >= 15 is 0 Å². The molecule has 0 bridgehead atoms. The van der Waals surface area contributed by atoms with Crippen LogP contribution >= 0.6 is 27.5 Å². The van der Waals surface area contributed by atoms with E-state index in [2.05, 4.69) is 25.9 Å². The van der Waals surface area contributed by atoms with Gasteiger partial charge in [0.2, 0.25) is 0 Å². The third kappa shape index (κ3) is 2.73. The molecular formula is C12H10BrClN2O2. The molecule has 0 aliphatic carbocycles. The zero-order valence-electron chi connectivity index (χ0n) is 9.52. The average molecular weight is 330 g/mol. The number of aromatic hydroxyl groups is 1. The highest BCUT2D eigenvalue weighted by atomic mass is 79.9. The first-order valence-corrected chi connectivity index (χ1v) is 6.43. The van der Waals surface area contributed by atoms with Gasteiger partial charge < -0.3 is 9.84 Å². The Morgan fingerprint density at radius 1 is 1.44 bits per heavy atom. The van der Waals surface area contributed by atoms with Crippen molar-refractivity contribution in [1.29, 1.82) is 0 Å². The summed E-state index contributed by atoms with van der Waals surface area (Å²) in [5.41, 5.74) is 0.727. The van der Waals surface area contributed by atoms with E-state index in [-0.39, 0.29) is 5.75 Å². The Morgan fingerprint density at radius 3 is 2.89 bits per heavy atom. The molecule has 0 fully saturated rings. The fraction of sp³-hybridized carbons (Fsp3) is 0.167. The molecule has 94 valence electrons. The first-order chi connectivity index (χ1) is 8.61. The number of benzene rings is 1. The van der Waals surface area contributed by atoms with Crippen LogP contribution in [-0.2, 0) is 0 Å². The van der Waals surface area contributed by atoms with Crippen molar-refractivity contribution in [2.45, 2.75) is 6.92 Å². The summed E-state index contributed by atoms with van der Waals surface area (Å²) < 4.78 is 5.94. The van der Waals surface area contributed by atoms with Crippen LogP contribution in [-0.4, -0.2) is 21.7 Å². The van der Waals surface area contributed by atoms with Gasteiger partial charge in [-0.15, -0.1) is 0 Å². The van der Waals surface area contributed by atoms with Crippen molar-refractivity contribution >= 4 is 27.5 Å². The summed E-state index contributed by atoms with van der Waals surface area (Å²) in [5, 5.41) is 9.95. The molecule has 0 radical (unpaired) electrons. The van der Waals surface area contributed by atoms with E-state index < -0.39 is 0 Å². The Bertz CT molecular complexity index is 578. The zero-order chi connectivity index (χ0) is 13.1. The van der Waals surface area contributed by atoms with Gasteiger partial charge in [-0.05, 0) is 41.1 Å². The lowest BCUT2D eigenvalue weighted by Gasteiger charge is -2.08. The van der Waals surface area contributed by atoms with Crippen molar-refractivity contribution in [3.8, 4) is 22.9 Å². The summed E-state index contributed by atoms with van der Waals surface area (Å²) >= 11 is 9.15. The van der Waals surface area contributed by atoms with Crippen LogP contribution in [0.5, 0.6) is 11.5 Å². The van der Waals surface area contributed by atoms with Gasteiger partial charge in [0.25, 0.3) is 0 Å². The lowest BCUT2D eigenvalue weighted by Crippen LogP contribution is -1.94. The van der Waals surface area contributed by atoms with Gasteiger partial charge in [0.05, 0.1) is 11.1 Å². The summed E-state index contributed by atoms with van der Waals surface area (Å²) in [7, 11) is 0. The van der Waals surface area contributed by atoms with E-state index in [0.717, 1.165) is 5.56 Å². The highest BCUT2D eigenvalue weighted by Crippen LogP contribution is 2.31. The van der Waals surface area contributed by atoms with Gasteiger partial charge in [0, 0.05) is 11.8 Å². The minimum atomic E-state index is 0.0869. The molecule has 4 nitrogen and oxygen atoms in total. The van der Waals surface area contributed by atoms with Crippen LogP contribution in [0.2, 0.25) is 5.15 Å². The SMILES string of the molecule is CCOc1cc(-c2ncc(Br)c(Cl)n2)ccc1O. The summed E-state index contributed by atoms with van der Waals surface area (Å²) in [6.07, 6.45) is 1.58. The van der Waals surface area contributed by atoms with Crippen LogP contribution in [0.1, 0.15) is 6.92 Å². The molecule has 2 rings (SSSR count). The predicted molar refractivity (Wildman–Crippen MR) is 73.0 cm³/mol. The van der Waals surface area contributed by atoms with E-state index in [1.54, 1.807) is 24.4 Å². The molecule has 0 atom stereocenters. The van der Waals surface area contributed by atoms with E-state index in [1.165, 1.54) is 0 Å². The number of hydrogen-bond acceptors (Lipinski definition) is 4. The van der Waals surface area contributed by atoms with Gasteiger partial charge in [0.1, 0.15) is 5.15 Å². The maximum atomic E-state index is 9.61. The normalized spacial score (nSPS) is 10.4. The zero-order valence-corrected chi connectivity index (χ0v) is 11.9. The minimum Gasteiger partial charge on any atom is -0.504 e. The Morgan fingerprint density at radius 2 is 2.22 bits per heavy atom. The monoisotopic (exact) mass is 328 g/mol. The Balaban J connectivity index is 2.44. The standard InChI is InChI=1S/C12H10BrClN2O2/c1-2-18-10-5-7(3-4-9(10)17)12-15-6-8(13)11(14)16-12/h3-6,17H,2H2,1H3. The second kappa shape index (κ2) is 5.54. The fourth-order valence-electron chi connectivity index (χ4n) is 1.41. The van der Waals surface area contributed by atoms with Gasteiger partial charge in [-0.1, -0.05) is 11.6 Å². The summed E-state index contributed by atoms with van der Waals surface area (Å²) in [6.45, 7) is 2.32. The molecule has 0 spiro atoms. The van der Waals surface area contributed by atoms with Crippen LogP contribution in [0.15, 0.2) is 28.9 Å². The first kappa shape index (κ1) is 13.1. The third-order valence-corrected chi connectivity index (χ3v) is 3.32. The van der Waals surface area contributed by atoms with Crippen molar-refractivity contribution < 1.29 is 9.84 Å². The van der Waals surface area contributed by atoms with Gasteiger partial charge in [-0.2, -0.15) is 0 Å². The molecule has 1 heterocycles. The molecule has 18 heavy (non-hydrogen) atoms. The summed E-state index contributed by atoms with van der Waals surface area (Å²) in [6, 6.07) is 4.93. The highest BCUT2D eigenvalue weighted by Gasteiger charge is 2.09. The number of phenolic OH excluding ortho intramolecular Hbond substituents is 1. The number of hydrogen-bond donors (Lipinski definition) is 1. The molecule has 0 aliphatic heterocycles. The third-order valence-electron chi connectivity index (χ3n) is 2.22. The molecule has 1 N–H and O–H groups in total. The minimum absolute atomic E-state index is 0.0869. The molecule has 1 aromatic carbocycles. The van der Waals surface area contributed by atoms with E-state index in [1.807, 2.05) is 6.92 Å². The number of rotatable bonds is 3. The quantitative estimate of drug-likeness (QED) is 0.873. The smallest absolute Gasteiger partial charge is 0.161 e. The maximum Gasteiger partial charge on any atom is 0.161 e. The van der Waals surface area contributed by atoms with E-state index in [0.29, 0.717) is 27.8 Å². The molecule has 1 aromatic heterocycles. The molecule has 2 aromatic rings. The van der Waals surface area contributed by atoms with Crippen molar-refractivity contribution in [2.75, 3.05) is 6.61 Å². The Kier molecular flexibility index (Phi) is 4.04. The van der Waals surface area contributed by atoms with Gasteiger partial charge >= 0.3 is 0 Å². The van der Waals surface area contributed by atoms with Gasteiger partial charge in [-0.3, -0.25) is 0 Å². The molecule has 0 saturated carbocycles. The van der Waals surface area contributed by atoms with Gasteiger partial charge in [0.15, 0.2) is 17.3 Å². The summed E-state index contributed by atoms with van der Waals surface area (Å²) in [5.74, 6) is 0.964. The van der Waals surface area contributed by atoms with Crippen LogP contribution in [0.3, 0.4) is 0 Å². The number of phenols is 1. The maximum absolute atomic E-state index is 9.61. The van der Waals surface area contributed by atoms with Crippen LogP contribution in [0.25, 0.3) is 11.4 Å². The topological polar surface area (TPSA) is 55.2 Å². The lowest BCUT2D eigenvalue weighted by molar-refractivity contribution is 0.318. The van der Waals surface area contributed by atoms with Crippen molar-refractivity contribution in [3.05, 3.63) is 34.0 Å². The van der Waals surface area contributed by atoms with Crippen molar-refractivity contribution in [3.63, 3.8) is 0 Å². The molecule has 0 unspecified atom stereocenters. The van der Waals surface area contributed by atoms with Crippen LogP contribution < -0.4 is 4.74 Å². The second-order valence-electron chi connectivity index (χ2n) is 3.45. The number of nitrogens with zero attached hydrogens (tertiary/aromatic N) is 2. The molecule has 0 amide bonds. The molecule has 6 heteroatoms. The number of ether oxygens (including phenoxy) is 1. The van der Waals surface area contributed by atoms with E-state index in [4.69, 9.17) is 16.3 Å². The fourth-order valence-corrected chi connectivity index (χ4v) is 1.73. The summed E-state index contributed by atoms with van der Waals surface area (Å²) in [4.78, 5) is 8.30.